The van der Waals surface area contributed by atoms with Gasteiger partial charge in [-0.1, -0.05) is 18.2 Å². The predicted molar refractivity (Wildman–Crippen MR) is 45.7 cm³/mol. The molecular formula is C6H6CeCl3O. The maximum atomic E-state index is 8.63. The maximum absolute atomic E-state index is 8.63. The summed E-state index contributed by atoms with van der Waals surface area (Å²) >= 11 is -2.24. The van der Waals surface area contributed by atoms with Crippen LogP contribution in [0.2, 0.25) is 0 Å². The van der Waals surface area contributed by atoms with Crippen molar-refractivity contribution in [2.24, 2.45) is 0 Å². The Hall–Kier alpha value is 1.27. The van der Waals surface area contributed by atoms with E-state index < -0.39 is 30.7 Å². The van der Waals surface area contributed by atoms with Crippen LogP contribution in [0.3, 0.4) is 0 Å². The summed E-state index contributed by atoms with van der Waals surface area (Å²) < 4.78 is 0. The van der Waals surface area contributed by atoms with Gasteiger partial charge in [0.05, 0.1) is 0 Å². The number of hydrogen-bond acceptors (Lipinski definition) is 1. The first-order valence-corrected chi connectivity index (χ1v) is 14.5. The van der Waals surface area contributed by atoms with Gasteiger partial charge in [0.15, 0.2) is 0 Å². The van der Waals surface area contributed by atoms with E-state index >= 15 is 0 Å². The topological polar surface area (TPSA) is 20.2 Å². The first-order valence-electron chi connectivity index (χ1n) is 2.70. The van der Waals surface area contributed by atoms with Gasteiger partial charge in [0.2, 0.25) is 0 Å². The number of hydrogen-bond donors (Lipinski definition) is 1. The normalized spacial score (nSPS) is 7.91. The van der Waals surface area contributed by atoms with E-state index in [0.717, 1.165) is 0 Å². The average Bonchev–Trinajstić information content (AvgIpc) is 1.87. The minimum atomic E-state index is -2.24. The number of phenolic OH excluding ortho intramolecular Hbond substituents is 1. The summed E-state index contributed by atoms with van der Waals surface area (Å²) in [7, 11) is 0. The van der Waals surface area contributed by atoms with E-state index in [2.05, 4.69) is 0 Å². The van der Waals surface area contributed by atoms with Crippen molar-refractivity contribution in [3.63, 3.8) is 0 Å². The van der Waals surface area contributed by atoms with E-state index in [9.17, 15) is 0 Å². The number of halogens is 3. The first kappa shape index (κ1) is 12.3. The van der Waals surface area contributed by atoms with Gasteiger partial charge in [0.25, 0.3) is 0 Å². The van der Waals surface area contributed by atoms with E-state index in [1.165, 1.54) is 0 Å². The molecule has 0 heterocycles. The summed E-state index contributed by atoms with van der Waals surface area (Å²) in [4.78, 5) is 0. The molecule has 0 aliphatic carbocycles. The molecule has 0 aromatic heterocycles. The Kier molecular flexibility index (Phi) is 8.80. The number of para-hydroxylation sites is 1. The molecule has 61 valence electrons. The second-order valence-corrected chi connectivity index (χ2v) is 15.4. The molecule has 0 bridgehead atoms. The summed E-state index contributed by atoms with van der Waals surface area (Å²) in [5, 5.41) is 8.63. The third-order valence-corrected chi connectivity index (χ3v) is 0.756. The van der Waals surface area contributed by atoms with Crippen LogP contribution in [0, 0.1) is 30.7 Å². The van der Waals surface area contributed by atoms with Crippen LogP contribution in [0.25, 0.3) is 0 Å². The van der Waals surface area contributed by atoms with Gasteiger partial charge in [0.1, 0.15) is 5.75 Å². The van der Waals surface area contributed by atoms with E-state index in [4.69, 9.17) is 22.0 Å². The molecule has 0 radical (unpaired) electrons. The van der Waals surface area contributed by atoms with Gasteiger partial charge >= 0.3 is 47.6 Å². The summed E-state index contributed by atoms with van der Waals surface area (Å²) in [6.07, 6.45) is 0. The molecule has 0 unspecified atom stereocenters. The molecule has 1 aromatic carbocycles. The monoisotopic (exact) mass is 339 g/mol. The van der Waals surface area contributed by atoms with Crippen molar-refractivity contribution in [1.29, 1.82) is 0 Å². The van der Waals surface area contributed by atoms with Crippen molar-refractivity contribution in [3.05, 3.63) is 30.3 Å². The number of aromatic hydroxyl groups is 1. The Morgan fingerprint density at radius 1 is 1.00 bits per heavy atom. The zero-order valence-electron chi connectivity index (χ0n) is 5.47. The third kappa shape index (κ3) is 11.3. The van der Waals surface area contributed by atoms with Crippen molar-refractivity contribution in [2.75, 3.05) is 0 Å². The molecule has 5 heteroatoms. The average molecular weight is 341 g/mol. The zero-order valence-corrected chi connectivity index (χ0v) is 10.9. The Morgan fingerprint density at radius 3 is 1.55 bits per heavy atom. The molecule has 0 aliphatic heterocycles. The molecule has 1 rings (SSSR count). The number of rotatable bonds is 0. The van der Waals surface area contributed by atoms with Crippen LogP contribution in [-0.4, -0.2) is 5.11 Å². The van der Waals surface area contributed by atoms with Gasteiger partial charge in [-0.25, -0.2) is 0 Å². The van der Waals surface area contributed by atoms with Gasteiger partial charge in [-0.15, -0.1) is 0 Å². The van der Waals surface area contributed by atoms with Gasteiger partial charge in [-0.3, -0.25) is 0 Å². The molecule has 1 N–H and O–H groups in total. The second kappa shape index (κ2) is 7.89. The molecule has 0 atom stereocenters. The van der Waals surface area contributed by atoms with Crippen LogP contribution in [0.15, 0.2) is 30.3 Å². The van der Waals surface area contributed by atoms with Crippen molar-refractivity contribution >= 4 is 16.9 Å². The first-order chi connectivity index (χ1) is 5.13. The summed E-state index contributed by atoms with van der Waals surface area (Å²) in [5.41, 5.74) is 15.1. The Balaban J connectivity index is 0.000000218. The molecular weight excluding hydrogens is 335 g/mol. The Labute approximate surface area is 87.2 Å². The quantitative estimate of drug-likeness (QED) is 0.767. The van der Waals surface area contributed by atoms with Gasteiger partial charge < -0.3 is 5.11 Å². The summed E-state index contributed by atoms with van der Waals surface area (Å²) in [6.45, 7) is 0. The van der Waals surface area contributed by atoms with Crippen LogP contribution in [0.5, 0.6) is 5.75 Å². The summed E-state index contributed by atoms with van der Waals surface area (Å²) in [5.74, 6) is 0.322. The van der Waals surface area contributed by atoms with Gasteiger partial charge in [-0.2, -0.15) is 0 Å². The van der Waals surface area contributed by atoms with Gasteiger partial charge in [-0.05, 0) is 12.1 Å². The molecule has 0 saturated heterocycles. The molecule has 0 saturated carbocycles. The second-order valence-electron chi connectivity index (χ2n) is 1.55. The van der Waals surface area contributed by atoms with Crippen LogP contribution in [0.1, 0.15) is 0 Å². The van der Waals surface area contributed by atoms with E-state index in [1.807, 2.05) is 6.07 Å². The molecule has 0 spiro atoms. The molecule has 11 heavy (non-hydrogen) atoms. The van der Waals surface area contributed by atoms with Crippen LogP contribution in [-0.2, 0) is 0 Å². The van der Waals surface area contributed by atoms with E-state index in [1.54, 1.807) is 24.3 Å². The molecule has 1 nitrogen and oxygen atoms in total. The van der Waals surface area contributed by atoms with E-state index in [-0.39, 0.29) is 0 Å². The van der Waals surface area contributed by atoms with Crippen LogP contribution < -0.4 is 0 Å². The summed E-state index contributed by atoms with van der Waals surface area (Å²) in [6, 6.07) is 8.71. The zero-order chi connectivity index (χ0) is 8.69. The van der Waals surface area contributed by atoms with Crippen molar-refractivity contribution in [3.8, 4) is 5.75 Å². The Morgan fingerprint density at radius 2 is 1.36 bits per heavy atom. The van der Waals surface area contributed by atoms with Gasteiger partial charge in [0, 0.05) is 0 Å². The standard InChI is InChI=1S/C6H6O.Ce.3ClH/c7-6-4-2-1-3-5-6;;;;/h1-5,7H;;3*1H/q;+3;;;/p-3. The van der Waals surface area contributed by atoms with Crippen LogP contribution >= 0.6 is 16.9 Å². The number of phenols is 1. The minimum absolute atomic E-state index is 0.322. The fraction of sp³-hybridized carbons (Fsp3) is 0. The fourth-order valence-corrected chi connectivity index (χ4v) is 0.428. The molecule has 0 aliphatic rings. The molecule has 0 fully saturated rings. The fourth-order valence-electron chi connectivity index (χ4n) is 0.428. The third-order valence-electron chi connectivity index (χ3n) is 0.756. The molecule has 0 amide bonds. The predicted octanol–water partition coefficient (Wildman–Crippen LogP) is 3.46. The Bertz CT molecular complexity index is 178. The van der Waals surface area contributed by atoms with Crippen molar-refractivity contribution < 1.29 is 35.8 Å². The van der Waals surface area contributed by atoms with Crippen molar-refractivity contribution in [1.82, 2.24) is 0 Å². The van der Waals surface area contributed by atoms with Crippen LogP contribution in [0.4, 0.5) is 0 Å². The SMILES string of the molecule is Oc1ccccc1.[Cl][Ce]([Cl])[Cl]. The van der Waals surface area contributed by atoms with E-state index in [0.29, 0.717) is 5.75 Å². The number of benzene rings is 1. The van der Waals surface area contributed by atoms with Crippen molar-refractivity contribution in [2.45, 2.75) is 0 Å². The molecule has 1 aromatic rings.